The topological polar surface area (TPSA) is 115 Å². The maximum Gasteiger partial charge on any atom is 0.335 e. The van der Waals surface area contributed by atoms with Gasteiger partial charge < -0.3 is 19.7 Å². The van der Waals surface area contributed by atoms with Gasteiger partial charge in [-0.3, -0.25) is 4.79 Å². The summed E-state index contributed by atoms with van der Waals surface area (Å²) in [5.41, 5.74) is 0.0788. The van der Waals surface area contributed by atoms with Crippen molar-refractivity contribution in [1.82, 2.24) is 10.1 Å². The smallest absolute Gasteiger partial charge is 0.335 e. The Morgan fingerprint density at radius 1 is 1.45 bits per heavy atom. The van der Waals surface area contributed by atoms with Gasteiger partial charge in [-0.1, -0.05) is 5.16 Å². The average Bonchev–Trinajstić information content (AvgIpc) is 2.88. The Kier molecular flexibility index (Phi) is 4.06. The number of hydrogen-bond acceptors (Lipinski definition) is 6. The first kappa shape index (κ1) is 13.7. The fourth-order valence-corrected chi connectivity index (χ4v) is 1.44. The summed E-state index contributed by atoms with van der Waals surface area (Å²) in [6.07, 6.45) is 1.29. The van der Waals surface area contributed by atoms with Crippen LogP contribution in [0.15, 0.2) is 28.9 Å². The van der Waals surface area contributed by atoms with E-state index in [1.165, 1.54) is 31.5 Å². The Bertz CT molecular complexity index is 638. The molecule has 0 fully saturated rings. The van der Waals surface area contributed by atoms with Crippen molar-refractivity contribution in [2.45, 2.75) is 6.61 Å². The largest absolute Gasteiger partial charge is 0.478 e. The van der Waals surface area contributed by atoms with E-state index in [9.17, 15) is 9.59 Å². The minimum absolute atomic E-state index is 0.0236. The number of carbonyl (C=O) groups excluding carboxylic acids is 1. The number of ether oxygens (including phenoxy) is 1. The van der Waals surface area contributed by atoms with Gasteiger partial charge in [-0.2, -0.15) is 0 Å². The van der Waals surface area contributed by atoms with Crippen molar-refractivity contribution in [3.05, 3.63) is 41.4 Å². The molecule has 2 aromatic rings. The normalized spacial score (nSPS) is 10.2. The second kappa shape index (κ2) is 5.93. The van der Waals surface area contributed by atoms with Crippen molar-refractivity contribution in [3.63, 3.8) is 0 Å². The van der Waals surface area contributed by atoms with Crippen LogP contribution in [0.5, 0.6) is 0 Å². The molecule has 0 saturated carbocycles. The van der Waals surface area contributed by atoms with E-state index in [0.29, 0.717) is 5.76 Å². The summed E-state index contributed by atoms with van der Waals surface area (Å²) >= 11 is 0. The van der Waals surface area contributed by atoms with E-state index in [4.69, 9.17) is 14.4 Å². The molecule has 0 aliphatic heterocycles. The van der Waals surface area contributed by atoms with Gasteiger partial charge in [0.15, 0.2) is 11.5 Å². The summed E-state index contributed by atoms with van der Waals surface area (Å²) in [6, 6.07) is 4.00. The van der Waals surface area contributed by atoms with Crippen molar-refractivity contribution in [1.29, 1.82) is 0 Å². The molecular weight excluding hydrogens is 266 g/mol. The van der Waals surface area contributed by atoms with Crippen LogP contribution in [0.3, 0.4) is 0 Å². The molecule has 1 amide bonds. The van der Waals surface area contributed by atoms with Gasteiger partial charge >= 0.3 is 5.97 Å². The molecule has 104 valence electrons. The zero-order valence-electron chi connectivity index (χ0n) is 10.5. The standard InChI is InChI=1S/C12H11N3O5/c1-19-6-8-5-9(15-20-8)11(16)14-10-4-7(12(17)18)2-3-13-10/h2-5H,6H2,1H3,(H,17,18)(H,13,14,16). The number of methoxy groups -OCH3 is 1. The molecule has 0 aromatic carbocycles. The van der Waals surface area contributed by atoms with Gasteiger partial charge in [-0.25, -0.2) is 9.78 Å². The number of anilines is 1. The number of aromatic nitrogens is 2. The monoisotopic (exact) mass is 277 g/mol. The Morgan fingerprint density at radius 2 is 2.25 bits per heavy atom. The third-order valence-electron chi connectivity index (χ3n) is 2.33. The van der Waals surface area contributed by atoms with E-state index >= 15 is 0 Å². The molecule has 0 radical (unpaired) electrons. The fraction of sp³-hybridized carbons (Fsp3) is 0.167. The average molecular weight is 277 g/mol. The van der Waals surface area contributed by atoms with Crippen molar-refractivity contribution in [2.24, 2.45) is 0 Å². The van der Waals surface area contributed by atoms with E-state index in [0.717, 1.165) is 0 Å². The van der Waals surface area contributed by atoms with E-state index in [-0.39, 0.29) is 23.7 Å². The van der Waals surface area contributed by atoms with Crippen LogP contribution >= 0.6 is 0 Å². The molecule has 0 aliphatic carbocycles. The third-order valence-corrected chi connectivity index (χ3v) is 2.33. The van der Waals surface area contributed by atoms with Crippen LogP contribution in [0.1, 0.15) is 26.6 Å². The predicted molar refractivity (Wildman–Crippen MR) is 66.4 cm³/mol. The number of carboxylic acids is 1. The van der Waals surface area contributed by atoms with E-state index in [1.807, 2.05) is 0 Å². The van der Waals surface area contributed by atoms with Gasteiger partial charge in [0.2, 0.25) is 0 Å². The maximum absolute atomic E-state index is 11.9. The van der Waals surface area contributed by atoms with Crippen molar-refractivity contribution in [2.75, 3.05) is 12.4 Å². The number of hydrogen-bond donors (Lipinski definition) is 2. The fourth-order valence-electron chi connectivity index (χ4n) is 1.44. The summed E-state index contributed by atoms with van der Waals surface area (Å²) in [5.74, 6) is -1.13. The van der Waals surface area contributed by atoms with Crippen molar-refractivity contribution >= 4 is 17.7 Å². The van der Waals surface area contributed by atoms with Crippen LogP contribution in [0.4, 0.5) is 5.82 Å². The van der Waals surface area contributed by atoms with Crippen molar-refractivity contribution < 1.29 is 24.0 Å². The minimum Gasteiger partial charge on any atom is -0.478 e. The molecule has 0 bridgehead atoms. The van der Waals surface area contributed by atoms with Gasteiger partial charge in [0, 0.05) is 19.4 Å². The zero-order valence-corrected chi connectivity index (χ0v) is 10.5. The molecule has 0 saturated heterocycles. The highest BCUT2D eigenvalue weighted by molar-refractivity contribution is 6.02. The van der Waals surface area contributed by atoms with Gasteiger partial charge in [-0.05, 0) is 12.1 Å². The van der Waals surface area contributed by atoms with Crippen LogP contribution in [-0.4, -0.2) is 34.2 Å². The SMILES string of the molecule is COCc1cc(C(=O)Nc2cc(C(=O)O)ccn2)no1. The molecule has 0 aliphatic rings. The minimum atomic E-state index is -1.10. The highest BCUT2D eigenvalue weighted by atomic mass is 16.5. The molecular formula is C12H11N3O5. The lowest BCUT2D eigenvalue weighted by molar-refractivity contribution is 0.0696. The molecule has 0 atom stereocenters. The number of carboxylic acid groups (broad SMARTS) is 1. The Morgan fingerprint density at radius 3 is 2.95 bits per heavy atom. The summed E-state index contributed by atoms with van der Waals surface area (Å²) in [5, 5.41) is 14.9. The second-order valence-electron chi connectivity index (χ2n) is 3.80. The molecule has 8 heteroatoms. The van der Waals surface area contributed by atoms with Crippen molar-refractivity contribution in [3.8, 4) is 0 Å². The van der Waals surface area contributed by atoms with Gasteiger partial charge in [0.05, 0.1) is 5.56 Å². The number of nitrogens with one attached hydrogen (secondary N) is 1. The lowest BCUT2D eigenvalue weighted by Gasteiger charge is -2.02. The van der Waals surface area contributed by atoms with E-state index in [2.05, 4.69) is 15.5 Å². The first-order valence-corrected chi connectivity index (χ1v) is 5.55. The molecule has 2 aromatic heterocycles. The number of aromatic carboxylic acids is 1. The summed E-state index contributed by atoms with van der Waals surface area (Å²) in [7, 11) is 1.49. The van der Waals surface area contributed by atoms with Crippen LogP contribution in [0.25, 0.3) is 0 Å². The molecule has 0 unspecified atom stereocenters. The number of carbonyl (C=O) groups is 2. The molecule has 8 nitrogen and oxygen atoms in total. The van der Waals surface area contributed by atoms with E-state index in [1.54, 1.807) is 0 Å². The number of amides is 1. The summed E-state index contributed by atoms with van der Waals surface area (Å²) < 4.78 is 9.71. The lowest BCUT2D eigenvalue weighted by Crippen LogP contribution is -2.13. The van der Waals surface area contributed by atoms with E-state index < -0.39 is 11.9 Å². The highest BCUT2D eigenvalue weighted by Crippen LogP contribution is 2.10. The molecule has 2 heterocycles. The van der Waals surface area contributed by atoms with Crippen LogP contribution in [-0.2, 0) is 11.3 Å². The number of rotatable bonds is 5. The summed E-state index contributed by atoms with van der Waals surface area (Å²) in [6.45, 7) is 0.201. The van der Waals surface area contributed by atoms with Crippen LogP contribution < -0.4 is 5.32 Å². The first-order valence-electron chi connectivity index (χ1n) is 5.55. The number of nitrogens with zero attached hydrogens (tertiary/aromatic N) is 2. The van der Waals surface area contributed by atoms with Crippen LogP contribution in [0, 0.1) is 0 Å². The Labute approximate surface area is 113 Å². The van der Waals surface area contributed by atoms with Gasteiger partial charge in [0.1, 0.15) is 12.4 Å². The molecule has 2 rings (SSSR count). The molecule has 0 spiro atoms. The third kappa shape index (κ3) is 3.18. The Balaban J connectivity index is 2.10. The quantitative estimate of drug-likeness (QED) is 0.842. The molecule has 20 heavy (non-hydrogen) atoms. The lowest BCUT2D eigenvalue weighted by atomic mass is 10.2. The maximum atomic E-state index is 11.9. The zero-order chi connectivity index (χ0) is 14.5. The Hall–Kier alpha value is -2.74. The van der Waals surface area contributed by atoms with Gasteiger partial charge in [0.25, 0.3) is 5.91 Å². The highest BCUT2D eigenvalue weighted by Gasteiger charge is 2.14. The number of pyridine rings is 1. The second-order valence-corrected chi connectivity index (χ2v) is 3.80. The molecule has 2 N–H and O–H groups in total. The van der Waals surface area contributed by atoms with Gasteiger partial charge in [-0.15, -0.1) is 0 Å². The first-order chi connectivity index (χ1) is 9.60. The predicted octanol–water partition coefficient (Wildman–Crippen LogP) is 1.17. The van der Waals surface area contributed by atoms with Crippen LogP contribution in [0.2, 0.25) is 0 Å². The summed E-state index contributed by atoms with van der Waals surface area (Å²) in [4.78, 5) is 26.5.